The predicted molar refractivity (Wildman–Crippen MR) is 100 cm³/mol. The van der Waals surface area contributed by atoms with Gasteiger partial charge in [-0.1, -0.05) is 48.5 Å². The van der Waals surface area contributed by atoms with Gasteiger partial charge in [-0.05, 0) is 55.7 Å². The summed E-state index contributed by atoms with van der Waals surface area (Å²) < 4.78 is 0. The van der Waals surface area contributed by atoms with Gasteiger partial charge in [-0.15, -0.1) is 0 Å². The lowest BCUT2D eigenvalue weighted by Gasteiger charge is -2.13. The van der Waals surface area contributed by atoms with Crippen LogP contribution in [0.4, 0.5) is 11.4 Å². The number of nitrogens with one attached hydrogen (secondary N) is 1. The number of rotatable bonds is 4. The van der Waals surface area contributed by atoms with Gasteiger partial charge in [-0.3, -0.25) is 4.79 Å². The van der Waals surface area contributed by atoms with E-state index < -0.39 is 0 Å². The van der Waals surface area contributed by atoms with Gasteiger partial charge in [0.2, 0.25) is 0 Å². The smallest absolute Gasteiger partial charge is 0.193 e. The molecule has 0 unspecified atom stereocenters. The molecule has 0 spiro atoms. The molecule has 0 aliphatic rings. The number of benzene rings is 3. The molecule has 1 N–H and O–H groups in total. The van der Waals surface area contributed by atoms with Crippen LogP contribution in [-0.2, 0) is 0 Å². The summed E-state index contributed by atoms with van der Waals surface area (Å²) in [5, 5.41) is 3.41. The fraction of sp³-hybridized carbons (Fsp3) is 0.136. The van der Waals surface area contributed by atoms with Gasteiger partial charge < -0.3 is 5.32 Å². The van der Waals surface area contributed by atoms with E-state index >= 15 is 0 Å². The molecule has 0 saturated carbocycles. The average molecular weight is 315 g/mol. The van der Waals surface area contributed by atoms with Crippen LogP contribution >= 0.6 is 0 Å². The molecule has 3 aromatic rings. The third-order valence-corrected chi connectivity index (χ3v) is 4.30. The Morgan fingerprint density at radius 1 is 0.708 bits per heavy atom. The first-order valence-corrected chi connectivity index (χ1v) is 8.10. The Balaban J connectivity index is 1.96. The second-order valence-electron chi connectivity index (χ2n) is 6.11. The molecule has 3 aromatic carbocycles. The SMILES string of the molecule is Cc1ccccc1Nc1ccc(C)c(C(=O)c2ccccc2C)c1. The van der Waals surface area contributed by atoms with Gasteiger partial charge in [0, 0.05) is 22.5 Å². The van der Waals surface area contributed by atoms with Gasteiger partial charge in [0.15, 0.2) is 5.78 Å². The van der Waals surface area contributed by atoms with Crippen LogP contribution < -0.4 is 5.32 Å². The van der Waals surface area contributed by atoms with E-state index in [1.165, 1.54) is 5.56 Å². The van der Waals surface area contributed by atoms with Crippen LogP contribution in [0.1, 0.15) is 32.6 Å². The van der Waals surface area contributed by atoms with Crippen molar-refractivity contribution < 1.29 is 4.79 Å². The van der Waals surface area contributed by atoms with Crippen molar-refractivity contribution in [2.75, 3.05) is 5.32 Å². The van der Waals surface area contributed by atoms with E-state index in [-0.39, 0.29) is 5.78 Å². The number of hydrogen-bond acceptors (Lipinski definition) is 2. The first-order valence-electron chi connectivity index (χ1n) is 8.10. The van der Waals surface area contributed by atoms with E-state index in [4.69, 9.17) is 0 Å². The minimum absolute atomic E-state index is 0.0685. The summed E-state index contributed by atoms with van der Waals surface area (Å²) >= 11 is 0. The summed E-state index contributed by atoms with van der Waals surface area (Å²) in [6, 6.07) is 21.8. The minimum Gasteiger partial charge on any atom is -0.355 e. The van der Waals surface area contributed by atoms with Crippen molar-refractivity contribution in [3.63, 3.8) is 0 Å². The molecule has 0 bridgehead atoms. The predicted octanol–water partition coefficient (Wildman–Crippen LogP) is 5.59. The maximum Gasteiger partial charge on any atom is 0.193 e. The van der Waals surface area contributed by atoms with Crippen molar-refractivity contribution in [2.24, 2.45) is 0 Å². The van der Waals surface area contributed by atoms with Crippen molar-refractivity contribution in [3.8, 4) is 0 Å². The van der Waals surface area contributed by atoms with Crippen molar-refractivity contribution in [1.29, 1.82) is 0 Å². The molecule has 0 aliphatic carbocycles. The van der Waals surface area contributed by atoms with Crippen LogP contribution in [0, 0.1) is 20.8 Å². The zero-order chi connectivity index (χ0) is 17.1. The second kappa shape index (κ2) is 6.71. The Morgan fingerprint density at radius 2 is 1.33 bits per heavy atom. The molecule has 24 heavy (non-hydrogen) atoms. The largest absolute Gasteiger partial charge is 0.355 e. The Labute approximate surface area is 143 Å². The Morgan fingerprint density at radius 3 is 2.04 bits per heavy atom. The molecule has 120 valence electrons. The van der Waals surface area contributed by atoms with E-state index in [9.17, 15) is 4.79 Å². The molecule has 0 fully saturated rings. The maximum atomic E-state index is 12.9. The molecule has 2 heteroatoms. The van der Waals surface area contributed by atoms with Crippen molar-refractivity contribution in [2.45, 2.75) is 20.8 Å². The molecule has 0 radical (unpaired) electrons. The van der Waals surface area contributed by atoms with E-state index in [2.05, 4.69) is 18.3 Å². The molecule has 0 heterocycles. The normalized spacial score (nSPS) is 10.5. The van der Waals surface area contributed by atoms with Crippen LogP contribution in [0.2, 0.25) is 0 Å². The van der Waals surface area contributed by atoms with Crippen LogP contribution in [0.25, 0.3) is 0 Å². The summed E-state index contributed by atoms with van der Waals surface area (Å²) in [6.45, 7) is 6.01. The Hall–Kier alpha value is -2.87. The van der Waals surface area contributed by atoms with E-state index in [0.29, 0.717) is 0 Å². The molecule has 0 amide bonds. The summed E-state index contributed by atoms with van der Waals surface area (Å²) in [5.74, 6) is 0.0685. The monoisotopic (exact) mass is 315 g/mol. The first kappa shape index (κ1) is 16.0. The van der Waals surface area contributed by atoms with E-state index in [1.807, 2.05) is 74.5 Å². The third-order valence-electron chi connectivity index (χ3n) is 4.30. The highest BCUT2D eigenvalue weighted by Gasteiger charge is 2.14. The fourth-order valence-electron chi connectivity index (χ4n) is 2.79. The molecular formula is C22H21NO. The van der Waals surface area contributed by atoms with Crippen LogP contribution in [0.3, 0.4) is 0 Å². The van der Waals surface area contributed by atoms with Gasteiger partial charge >= 0.3 is 0 Å². The van der Waals surface area contributed by atoms with Gasteiger partial charge in [-0.25, -0.2) is 0 Å². The number of carbonyl (C=O) groups is 1. The number of carbonyl (C=O) groups excluding carboxylic acids is 1. The molecule has 0 saturated heterocycles. The van der Waals surface area contributed by atoms with Gasteiger partial charge in [0.05, 0.1) is 0 Å². The molecule has 3 rings (SSSR count). The number of aryl methyl sites for hydroxylation is 3. The van der Waals surface area contributed by atoms with E-state index in [1.54, 1.807) is 0 Å². The van der Waals surface area contributed by atoms with Crippen molar-refractivity contribution in [1.82, 2.24) is 0 Å². The highest BCUT2D eigenvalue weighted by atomic mass is 16.1. The zero-order valence-corrected chi connectivity index (χ0v) is 14.3. The zero-order valence-electron chi connectivity index (χ0n) is 14.3. The number of anilines is 2. The average Bonchev–Trinajstić information content (AvgIpc) is 2.58. The van der Waals surface area contributed by atoms with Crippen LogP contribution in [0.5, 0.6) is 0 Å². The Kier molecular flexibility index (Phi) is 4.48. The van der Waals surface area contributed by atoms with Gasteiger partial charge in [0.1, 0.15) is 0 Å². The fourth-order valence-corrected chi connectivity index (χ4v) is 2.79. The van der Waals surface area contributed by atoms with Crippen LogP contribution in [-0.4, -0.2) is 5.78 Å². The highest BCUT2D eigenvalue weighted by molar-refractivity contribution is 6.11. The quantitative estimate of drug-likeness (QED) is 0.636. The van der Waals surface area contributed by atoms with Crippen molar-refractivity contribution >= 4 is 17.2 Å². The summed E-state index contributed by atoms with van der Waals surface area (Å²) in [4.78, 5) is 12.9. The highest BCUT2D eigenvalue weighted by Crippen LogP contribution is 2.24. The molecular weight excluding hydrogens is 294 g/mol. The number of ketones is 1. The standard InChI is InChI=1S/C22H21NO/c1-15-8-4-6-10-19(15)22(24)20-14-18(13-12-16(20)2)23-21-11-7-5-9-17(21)3/h4-14,23H,1-3H3. The Bertz CT molecular complexity index is 896. The number of hydrogen-bond donors (Lipinski definition) is 1. The number of para-hydroxylation sites is 1. The lowest BCUT2D eigenvalue weighted by molar-refractivity contribution is 0.103. The first-order chi connectivity index (χ1) is 11.6. The molecule has 0 aromatic heterocycles. The topological polar surface area (TPSA) is 29.1 Å². The maximum absolute atomic E-state index is 12.9. The lowest BCUT2D eigenvalue weighted by Crippen LogP contribution is -2.06. The molecule has 0 atom stereocenters. The van der Waals surface area contributed by atoms with Crippen LogP contribution in [0.15, 0.2) is 66.7 Å². The van der Waals surface area contributed by atoms with Gasteiger partial charge in [0.25, 0.3) is 0 Å². The minimum atomic E-state index is 0.0685. The molecule has 0 aliphatic heterocycles. The second-order valence-corrected chi connectivity index (χ2v) is 6.11. The van der Waals surface area contributed by atoms with Gasteiger partial charge in [-0.2, -0.15) is 0 Å². The summed E-state index contributed by atoms with van der Waals surface area (Å²) in [5.41, 5.74) is 6.63. The summed E-state index contributed by atoms with van der Waals surface area (Å²) in [6.07, 6.45) is 0. The lowest BCUT2D eigenvalue weighted by atomic mass is 9.95. The van der Waals surface area contributed by atoms with E-state index in [0.717, 1.165) is 33.6 Å². The third kappa shape index (κ3) is 3.23. The summed E-state index contributed by atoms with van der Waals surface area (Å²) in [7, 11) is 0. The van der Waals surface area contributed by atoms with Crippen molar-refractivity contribution in [3.05, 3.63) is 94.5 Å². The molecule has 2 nitrogen and oxygen atoms in total.